The molecule has 1 radical (unpaired) electrons. The number of thiocarbonyl (C=S) groups is 3. The molecular weight excluding hydrogens is 439 g/mol. The normalized spacial score (nSPS) is 7.22. The molecule has 0 bridgehead atoms. The minimum absolute atomic E-state index is 0. The summed E-state index contributed by atoms with van der Waals surface area (Å²) < 4.78 is 1.25. The Balaban J connectivity index is -0.000000108. The Hall–Kier alpha value is 1.47. The Labute approximate surface area is 165 Å². The first kappa shape index (κ1) is 27.8. The molecule has 3 nitrogen and oxygen atoms in total. The van der Waals surface area contributed by atoms with Crippen LogP contribution in [0.2, 0.25) is 0 Å². The summed E-state index contributed by atoms with van der Waals surface area (Å²) in [5.41, 5.74) is 0. The van der Waals surface area contributed by atoms with Crippen molar-refractivity contribution in [1.82, 2.24) is 15.5 Å². The minimum atomic E-state index is 0. The molecule has 0 amide bonds. The molecule has 0 saturated carbocycles. The van der Waals surface area contributed by atoms with E-state index in [-0.39, 0.29) is 36.5 Å². The van der Waals surface area contributed by atoms with Gasteiger partial charge in [0.2, 0.25) is 0 Å². The van der Waals surface area contributed by atoms with E-state index in [9.17, 15) is 0 Å². The fourth-order valence-corrected chi connectivity index (χ4v) is 0.737. The van der Waals surface area contributed by atoms with Crippen LogP contribution < -0.4 is 10.6 Å². The van der Waals surface area contributed by atoms with Gasteiger partial charge in [-0.2, -0.15) is 0 Å². The molecule has 0 aliphatic heterocycles. The predicted molar refractivity (Wildman–Crippen MR) is 89.6 cm³/mol. The molecule has 0 fully saturated rings. The van der Waals surface area contributed by atoms with Gasteiger partial charge >= 0.3 is 36.5 Å². The summed E-state index contributed by atoms with van der Waals surface area (Å²) in [7, 11) is 3.66. The molecule has 0 aliphatic rings. The van der Waals surface area contributed by atoms with Crippen LogP contribution in [0.3, 0.4) is 0 Å². The first-order valence-electron chi connectivity index (χ1n) is 4.05. The van der Waals surface area contributed by atoms with E-state index in [1.807, 2.05) is 14.1 Å². The molecule has 0 unspecified atom stereocenters. The molecule has 0 aromatic rings. The third kappa shape index (κ3) is 30.5. The number of nitrogens with zero attached hydrogens (tertiary/aromatic N) is 1. The maximum absolute atomic E-state index is 4.59. The van der Waals surface area contributed by atoms with Crippen molar-refractivity contribution >= 4 is 87.5 Å². The Morgan fingerprint density at radius 2 is 1.17 bits per heavy atom. The summed E-state index contributed by atoms with van der Waals surface area (Å²) >= 11 is 27.5. The smallest absolute Gasteiger partial charge is 0.412 e. The zero-order valence-electron chi connectivity index (χ0n) is 9.90. The van der Waals surface area contributed by atoms with E-state index >= 15 is 0 Å². The zero-order chi connectivity index (χ0) is 13.1. The van der Waals surface area contributed by atoms with Crippen LogP contribution in [0.5, 0.6) is 0 Å². The molecule has 0 rings (SSSR count). The molecule has 0 aliphatic carbocycles. The Bertz CT molecular complexity index is 237. The monoisotopic (exact) mass is 449 g/mol. The third-order valence-corrected chi connectivity index (χ3v) is 2.34. The molecule has 0 aromatic carbocycles. The summed E-state index contributed by atoms with van der Waals surface area (Å²) in [5, 5.41) is 5.56. The van der Waals surface area contributed by atoms with Crippen LogP contribution in [-0.4, -0.2) is 45.0 Å². The van der Waals surface area contributed by atoms with Crippen LogP contribution in [0.15, 0.2) is 0 Å². The van der Waals surface area contributed by atoms with Crippen molar-refractivity contribution in [2.24, 2.45) is 0 Å². The molecule has 0 saturated heterocycles. The summed E-state index contributed by atoms with van der Waals surface area (Å²) in [4.78, 5) is 1.71. The van der Waals surface area contributed by atoms with Gasteiger partial charge in [-0.15, -0.1) is 0 Å². The Morgan fingerprint density at radius 1 is 0.944 bits per heavy atom. The van der Waals surface area contributed by atoms with Gasteiger partial charge < -0.3 is 90.1 Å². The van der Waals surface area contributed by atoms with Crippen LogP contribution in [0.1, 0.15) is 0 Å². The predicted octanol–water partition coefficient (Wildman–Crippen LogP) is 0.204. The van der Waals surface area contributed by atoms with Gasteiger partial charge in [0, 0.05) is 27.2 Å². The van der Waals surface area contributed by atoms with E-state index in [4.69, 9.17) is 0 Å². The molecular formula is C7H12MnN3S6Zn+. The SMILES string of the molecule is CN(C)C(=S)[S-].S=C([S-])NCCNC(=S)[S-].[Mn+2].[Zn+2]. The van der Waals surface area contributed by atoms with Crippen molar-refractivity contribution in [3.05, 3.63) is 0 Å². The van der Waals surface area contributed by atoms with Crippen molar-refractivity contribution in [2.75, 3.05) is 27.2 Å². The topological polar surface area (TPSA) is 27.3 Å². The molecule has 2 N–H and O–H groups in total. The average Bonchev–Trinajstić information content (AvgIpc) is 2.12. The van der Waals surface area contributed by atoms with Gasteiger partial charge in [-0.05, 0) is 0 Å². The number of rotatable bonds is 3. The zero-order valence-corrected chi connectivity index (χ0v) is 18.9. The largest absolute Gasteiger partial charge is 2.00 e. The Morgan fingerprint density at radius 3 is 1.28 bits per heavy atom. The fraction of sp³-hybridized carbons (Fsp3) is 0.571. The van der Waals surface area contributed by atoms with Gasteiger partial charge in [-0.3, -0.25) is 0 Å². The van der Waals surface area contributed by atoms with Gasteiger partial charge in [0.05, 0.1) is 0 Å². The second-order valence-corrected chi connectivity index (χ2v) is 5.77. The van der Waals surface area contributed by atoms with Crippen molar-refractivity contribution in [2.45, 2.75) is 0 Å². The Kier molecular flexibility index (Phi) is 28.5. The van der Waals surface area contributed by atoms with Gasteiger partial charge in [0.15, 0.2) is 0 Å². The van der Waals surface area contributed by atoms with E-state index in [0.29, 0.717) is 26.1 Å². The standard InChI is InChI=1S/C4H8N2S4.C3H7NS2.Mn.Zn/c7-3(8)5-1-2-6-4(9)10;1-4(2)3(5)6;;/h1-2H2,(H2,5,7,8)(H2,6,9,10);1-2H3,(H,5,6);;/q;;2*+2/p-3. The molecule has 0 atom stereocenters. The van der Waals surface area contributed by atoms with Crippen molar-refractivity contribution in [3.8, 4) is 0 Å². The fourth-order valence-electron chi connectivity index (χ4n) is 0.329. The maximum Gasteiger partial charge on any atom is 2.00 e. The van der Waals surface area contributed by atoms with E-state index in [0.717, 1.165) is 0 Å². The second-order valence-electron chi connectivity index (χ2n) is 2.59. The van der Waals surface area contributed by atoms with E-state index in [1.165, 1.54) is 0 Å². The van der Waals surface area contributed by atoms with Crippen molar-refractivity contribution < 1.29 is 36.5 Å². The molecule has 0 heterocycles. The van der Waals surface area contributed by atoms with Gasteiger partial charge in [-0.25, -0.2) is 0 Å². The molecule has 99 valence electrons. The van der Waals surface area contributed by atoms with Crippen LogP contribution in [0.25, 0.3) is 0 Å². The number of hydrogen-bond acceptors (Lipinski definition) is 6. The maximum atomic E-state index is 4.59. The van der Waals surface area contributed by atoms with Crippen molar-refractivity contribution in [3.63, 3.8) is 0 Å². The minimum Gasteiger partial charge on any atom is -0.412 e. The second kappa shape index (κ2) is 18.5. The van der Waals surface area contributed by atoms with Crippen LogP contribution in [0, 0.1) is 0 Å². The first-order chi connectivity index (χ1) is 7.27. The van der Waals surface area contributed by atoms with Gasteiger partial charge in [0.1, 0.15) is 0 Å². The molecule has 0 spiro atoms. The van der Waals surface area contributed by atoms with Gasteiger partial charge in [0.25, 0.3) is 0 Å². The summed E-state index contributed by atoms with van der Waals surface area (Å²) in [6, 6.07) is 0. The van der Waals surface area contributed by atoms with E-state index in [2.05, 4.69) is 85.2 Å². The number of hydrogen-bond donors (Lipinski definition) is 2. The summed E-state index contributed by atoms with van der Waals surface area (Å²) in [6.07, 6.45) is 0. The average molecular weight is 451 g/mol. The third-order valence-electron chi connectivity index (χ3n) is 1.03. The van der Waals surface area contributed by atoms with E-state index in [1.54, 1.807) is 4.90 Å². The molecule has 0 aromatic heterocycles. The van der Waals surface area contributed by atoms with Crippen molar-refractivity contribution in [1.29, 1.82) is 0 Å². The van der Waals surface area contributed by atoms with Crippen LogP contribution in [0.4, 0.5) is 0 Å². The number of nitrogens with one attached hydrogen (secondary N) is 2. The summed E-state index contributed by atoms with van der Waals surface area (Å²) in [5.74, 6) is 0. The molecule has 18 heavy (non-hydrogen) atoms. The first-order valence-corrected chi connectivity index (χ1v) is 6.50. The van der Waals surface area contributed by atoms with Crippen LogP contribution in [-0.2, 0) is 74.4 Å². The molecule has 11 heteroatoms. The quantitative estimate of drug-likeness (QED) is 0.271. The summed E-state index contributed by atoms with van der Waals surface area (Å²) in [6.45, 7) is 1.33. The van der Waals surface area contributed by atoms with Gasteiger partial charge in [-0.1, -0.05) is 13.0 Å². The van der Waals surface area contributed by atoms with E-state index < -0.39 is 0 Å². The van der Waals surface area contributed by atoms with Crippen LogP contribution >= 0.6 is 36.7 Å².